The zero-order valence-electron chi connectivity index (χ0n) is 12.3. The number of anilines is 3. The van der Waals surface area contributed by atoms with Gasteiger partial charge in [-0.15, -0.1) is 0 Å². The number of nitrogens with zero attached hydrogens (tertiary/aromatic N) is 3. The van der Waals surface area contributed by atoms with Crippen LogP contribution in [-0.2, 0) is 0 Å². The van der Waals surface area contributed by atoms with Gasteiger partial charge in [-0.25, -0.2) is 0 Å². The van der Waals surface area contributed by atoms with Crippen LogP contribution in [-0.4, -0.2) is 48.8 Å². The molecule has 0 radical (unpaired) electrons. The van der Waals surface area contributed by atoms with E-state index < -0.39 is 0 Å². The second-order valence-corrected chi connectivity index (χ2v) is 6.23. The Bertz CT molecular complexity index is 545. The zero-order chi connectivity index (χ0) is 14.4. The number of aromatic nitrogens is 2. The summed E-state index contributed by atoms with van der Waals surface area (Å²) in [4.78, 5) is 11.0. The van der Waals surface area contributed by atoms with Crippen molar-refractivity contribution in [2.45, 2.75) is 31.3 Å². The van der Waals surface area contributed by atoms with Crippen molar-refractivity contribution in [3.8, 4) is 5.75 Å². The van der Waals surface area contributed by atoms with Gasteiger partial charge in [0.25, 0.3) is 0 Å². The van der Waals surface area contributed by atoms with Crippen LogP contribution < -0.4 is 26.0 Å². The topological polar surface area (TPSA) is 88.3 Å². The van der Waals surface area contributed by atoms with Gasteiger partial charge in [0.15, 0.2) is 11.6 Å². The predicted octanol–water partition coefficient (Wildman–Crippen LogP) is 0.440. The fraction of sp³-hybridized carbons (Fsp3) is 0.714. The van der Waals surface area contributed by atoms with Crippen LogP contribution in [0.2, 0.25) is 0 Å². The molecule has 4 N–H and O–H groups in total. The van der Waals surface area contributed by atoms with Crippen molar-refractivity contribution in [1.29, 1.82) is 0 Å². The summed E-state index contributed by atoms with van der Waals surface area (Å²) < 4.78 is 6.07. The molecule has 2 aliphatic heterocycles. The highest BCUT2D eigenvalue weighted by molar-refractivity contribution is 5.69. The lowest BCUT2D eigenvalue weighted by Gasteiger charge is -2.40. The summed E-state index contributed by atoms with van der Waals surface area (Å²) in [5.74, 6) is 3.24. The van der Waals surface area contributed by atoms with E-state index in [1.807, 2.05) is 7.05 Å². The fourth-order valence-corrected chi connectivity index (χ4v) is 3.53. The van der Waals surface area contributed by atoms with Gasteiger partial charge in [-0.1, -0.05) is 6.42 Å². The molecule has 3 heterocycles. The van der Waals surface area contributed by atoms with Crippen molar-refractivity contribution >= 4 is 17.6 Å². The highest BCUT2D eigenvalue weighted by atomic mass is 16.5. The van der Waals surface area contributed by atoms with E-state index in [9.17, 15) is 0 Å². The molecule has 4 rings (SSSR count). The van der Waals surface area contributed by atoms with E-state index in [0.29, 0.717) is 23.9 Å². The minimum atomic E-state index is 0.309. The molecule has 3 aliphatic rings. The molecule has 1 saturated heterocycles. The molecular formula is C14H22N6O. The number of hydrogen-bond acceptors (Lipinski definition) is 7. The van der Waals surface area contributed by atoms with Crippen molar-refractivity contribution in [1.82, 2.24) is 15.3 Å². The number of nitrogens with two attached hydrogens (primary N) is 1. The molecule has 2 unspecified atom stereocenters. The van der Waals surface area contributed by atoms with Crippen molar-refractivity contribution < 1.29 is 4.74 Å². The molecule has 1 aliphatic carbocycles. The smallest absolute Gasteiger partial charge is 0.224 e. The van der Waals surface area contributed by atoms with Crippen molar-refractivity contribution in [3.05, 3.63) is 0 Å². The average Bonchev–Trinajstić information content (AvgIpc) is 2.77. The Balaban J connectivity index is 1.65. The van der Waals surface area contributed by atoms with E-state index in [2.05, 4.69) is 25.5 Å². The van der Waals surface area contributed by atoms with Gasteiger partial charge in [0.1, 0.15) is 0 Å². The number of hydrogen-bond donors (Lipinski definition) is 3. The first-order chi connectivity index (χ1) is 10.2. The van der Waals surface area contributed by atoms with Gasteiger partial charge in [0.2, 0.25) is 11.7 Å². The fourth-order valence-electron chi connectivity index (χ4n) is 3.53. The number of nitrogen functional groups attached to an aromatic ring is 1. The molecule has 1 aromatic rings. The maximum atomic E-state index is 6.07. The SMILES string of the molecule is CNC1CN(c2nc(N)nc3c2OCC2CCCC2N3)C1. The maximum absolute atomic E-state index is 6.07. The monoisotopic (exact) mass is 290 g/mol. The number of rotatable bonds is 2. The highest BCUT2D eigenvalue weighted by Crippen LogP contribution is 2.41. The predicted molar refractivity (Wildman–Crippen MR) is 81.8 cm³/mol. The first-order valence-electron chi connectivity index (χ1n) is 7.73. The third kappa shape index (κ3) is 2.16. The Kier molecular flexibility index (Phi) is 3.02. The summed E-state index contributed by atoms with van der Waals surface area (Å²) >= 11 is 0. The van der Waals surface area contributed by atoms with Crippen LogP contribution in [0.4, 0.5) is 17.6 Å². The molecule has 0 aromatic carbocycles. The van der Waals surface area contributed by atoms with Gasteiger partial charge in [-0.2, -0.15) is 9.97 Å². The number of ether oxygens (including phenoxy) is 1. The lowest BCUT2D eigenvalue weighted by atomic mass is 10.1. The van der Waals surface area contributed by atoms with Crippen LogP contribution in [0.25, 0.3) is 0 Å². The normalized spacial score (nSPS) is 28.0. The highest BCUT2D eigenvalue weighted by Gasteiger charge is 2.36. The molecule has 114 valence electrons. The minimum absolute atomic E-state index is 0.309. The standard InChI is InChI=1S/C14H22N6O/c1-16-9-5-20(6-9)13-11-12(18-14(15)19-13)17-10-4-2-3-8(10)7-21-11/h8-10,16H,2-7H2,1H3,(H3,15,17,18,19). The summed E-state index contributed by atoms with van der Waals surface area (Å²) in [6.45, 7) is 2.60. The Labute approximate surface area is 124 Å². The molecule has 7 nitrogen and oxygen atoms in total. The third-order valence-electron chi connectivity index (χ3n) is 4.88. The maximum Gasteiger partial charge on any atom is 0.224 e. The number of nitrogens with one attached hydrogen (secondary N) is 2. The van der Waals surface area contributed by atoms with Crippen LogP contribution in [0.5, 0.6) is 5.75 Å². The largest absolute Gasteiger partial charge is 0.486 e. The molecule has 0 amide bonds. The summed E-state index contributed by atoms with van der Waals surface area (Å²) in [6, 6.07) is 0.963. The molecule has 2 fully saturated rings. The second-order valence-electron chi connectivity index (χ2n) is 6.23. The van der Waals surface area contributed by atoms with Crippen LogP contribution in [0.15, 0.2) is 0 Å². The van der Waals surface area contributed by atoms with E-state index in [0.717, 1.165) is 37.1 Å². The lowest BCUT2D eigenvalue weighted by molar-refractivity contribution is 0.253. The lowest BCUT2D eigenvalue weighted by Crippen LogP contribution is -2.57. The summed E-state index contributed by atoms with van der Waals surface area (Å²) in [6.07, 6.45) is 3.65. The van der Waals surface area contributed by atoms with E-state index in [-0.39, 0.29) is 0 Å². The van der Waals surface area contributed by atoms with Gasteiger partial charge >= 0.3 is 0 Å². The summed E-state index contributed by atoms with van der Waals surface area (Å²) in [5.41, 5.74) is 5.89. The Morgan fingerprint density at radius 2 is 2.19 bits per heavy atom. The van der Waals surface area contributed by atoms with Crippen LogP contribution >= 0.6 is 0 Å². The van der Waals surface area contributed by atoms with Gasteiger partial charge in [0, 0.05) is 31.1 Å². The minimum Gasteiger partial charge on any atom is -0.486 e. The van der Waals surface area contributed by atoms with E-state index in [1.165, 1.54) is 19.3 Å². The second kappa shape index (κ2) is 4.91. The van der Waals surface area contributed by atoms with Crippen LogP contribution in [0, 0.1) is 5.92 Å². The van der Waals surface area contributed by atoms with Crippen molar-refractivity contribution in [2.24, 2.45) is 5.92 Å². The summed E-state index contributed by atoms with van der Waals surface area (Å²) in [5, 5.41) is 6.80. The van der Waals surface area contributed by atoms with Gasteiger partial charge in [-0.3, -0.25) is 0 Å². The van der Waals surface area contributed by atoms with Gasteiger partial charge < -0.3 is 26.0 Å². The Hall–Kier alpha value is -1.76. The van der Waals surface area contributed by atoms with Gasteiger partial charge in [-0.05, 0) is 19.9 Å². The number of fused-ring (bicyclic) bond motifs is 2. The third-order valence-corrected chi connectivity index (χ3v) is 4.88. The zero-order valence-corrected chi connectivity index (χ0v) is 12.3. The van der Waals surface area contributed by atoms with E-state index in [1.54, 1.807) is 0 Å². The molecular weight excluding hydrogens is 268 g/mol. The Morgan fingerprint density at radius 3 is 3.00 bits per heavy atom. The molecule has 1 aromatic heterocycles. The summed E-state index contributed by atoms with van der Waals surface area (Å²) in [7, 11) is 1.98. The Morgan fingerprint density at radius 1 is 1.33 bits per heavy atom. The van der Waals surface area contributed by atoms with Crippen molar-refractivity contribution in [3.63, 3.8) is 0 Å². The first-order valence-corrected chi connectivity index (χ1v) is 7.73. The van der Waals surface area contributed by atoms with Crippen LogP contribution in [0.1, 0.15) is 19.3 Å². The number of likely N-dealkylation sites (N-methyl/N-ethyl adjacent to an activating group) is 1. The molecule has 2 atom stereocenters. The van der Waals surface area contributed by atoms with Gasteiger partial charge in [0.05, 0.1) is 6.61 Å². The molecule has 1 saturated carbocycles. The van der Waals surface area contributed by atoms with E-state index in [4.69, 9.17) is 10.5 Å². The molecule has 0 bridgehead atoms. The van der Waals surface area contributed by atoms with Crippen LogP contribution in [0.3, 0.4) is 0 Å². The van der Waals surface area contributed by atoms with Crippen molar-refractivity contribution in [2.75, 3.05) is 42.7 Å². The molecule has 7 heteroatoms. The molecule has 21 heavy (non-hydrogen) atoms. The average molecular weight is 290 g/mol. The first kappa shape index (κ1) is 12.9. The van der Waals surface area contributed by atoms with E-state index >= 15 is 0 Å². The quantitative estimate of drug-likeness (QED) is 0.728. The molecule has 0 spiro atoms.